The molecule has 2 aromatic carbocycles. The molecular weight excluding hydrogens is 403 g/mol. The zero-order chi connectivity index (χ0) is 17.0. The van der Waals surface area contributed by atoms with E-state index in [1.54, 1.807) is 0 Å². The fraction of sp³-hybridized carbons (Fsp3) is 0.316. The summed E-state index contributed by atoms with van der Waals surface area (Å²) in [5.41, 5.74) is 2.20. The minimum absolute atomic E-state index is 0.0614. The monoisotopic (exact) mass is 424 g/mol. The Balaban J connectivity index is 2.10. The molecule has 23 heavy (non-hydrogen) atoms. The van der Waals surface area contributed by atoms with Gasteiger partial charge in [0.25, 0.3) is 0 Å². The molecule has 4 heteroatoms. The van der Waals surface area contributed by atoms with Crippen LogP contribution in [-0.2, 0) is 16.6 Å². The third-order valence-corrected chi connectivity index (χ3v) is 4.33. The van der Waals surface area contributed by atoms with Crippen LogP contribution in [0.15, 0.2) is 48.5 Å². The van der Waals surface area contributed by atoms with Gasteiger partial charge in [0.1, 0.15) is 5.75 Å². The first-order valence-electron chi connectivity index (χ1n) is 7.50. The fourth-order valence-electron chi connectivity index (χ4n) is 2.21. The fourth-order valence-corrected chi connectivity index (χ4v) is 2.57. The van der Waals surface area contributed by atoms with Crippen LogP contribution < -0.4 is 4.74 Å². The van der Waals surface area contributed by atoms with Crippen molar-refractivity contribution in [2.45, 2.75) is 38.7 Å². The van der Waals surface area contributed by atoms with Gasteiger partial charge >= 0.3 is 5.97 Å². The summed E-state index contributed by atoms with van der Waals surface area (Å²) in [7, 11) is 0. The van der Waals surface area contributed by atoms with Gasteiger partial charge in [0, 0.05) is 9.99 Å². The summed E-state index contributed by atoms with van der Waals surface area (Å²) >= 11 is 2.22. The van der Waals surface area contributed by atoms with Crippen molar-refractivity contribution in [3.8, 4) is 5.75 Å². The quantitative estimate of drug-likeness (QED) is 0.711. The van der Waals surface area contributed by atoms with Crippen molar-refractivity contribution >= 4 is 28.6 Å². The molecule has 0 aliphatic heterocycles. The number of hydrogen-bond acceptors (Lipinski definition) is 2. The molecule has 0 fully saturated rings. The maximum atomic E-state index is 11.5. The Morgan fingerprint density at radius 2 is 1.65 bits per heavy atom. The summed E-state index contributed by atoms with van der Waals surface area (Å²) in [6, 6.07) is 15.4. The van der Waals surface area contributed by atoms with Gasteiger partial charge in [0.15, 0.2) is 6.10 Å². The summed E-state index contributed by atoms with van der Waals surface area (Å²) in [5, 5.41) is 9.41. The van der Waals surface area contributed by atoms with E-state index in [1.807, 2.05) is 48.5 Å². The number of rotatable bonds is 5. The van der Waals surface area contributed by atoms with E-state index in [1.165, 1.54) is 5.56 Å². The molecule has 0 aliphatic rings. The van der Waals surface area contributed by atoms with E-state index in [9.17, 15) is 9.90 Å². The summed E-state index contributed by atoms with van der Waals surface area (Å²) < 4.78 is 6.80. The molecule has 0 radical (unpaired) electrons. The molecule has 0 saturated carbocycles. The largest absolute Gasteiger partial charge is 0.478 e. The van der Waals surface area contributed by atoms with E-state index < -0.39 is 12.1 Å². The van der Waals surface area contributed by atoms with Crippen LogP contribution in [0.25, 0.3) is 0 Å². The van der Waals surface area contributed by atoms with E-state index >= 15 is 0 Å². The molecule has 2 aromatic rings. The second kappa shape index (κ2) is 7.34. The van der Waals surface area contributed by atoms with Gasteiger partial charge in [-0.05, 0) is 63.4 Å². The minimum Gasteiger partial charge on any atom is -0.478 e. The Morgan fingerprint density at radius 3 is 2.13 bits per heavy atom. The van der Waals surface area contributed by atoms with Crippen LogP contribution in [-0.4, -0.2) is 17.2 Å². The molecular formula is C19H21IO3. The number of carboxylic acids is 1. The van der Waals surface area contributed by atoms with Crippen molar-refractivity contribution in [2.24, 2.45) is 0 Å². The number of carboxylic acid groups (broad SMARTS) is 1. The number of carbonyl (C=O) groups is 1. The van der Waals surface area contributed by atoms with Crippen LogP contribution >= 0.6 is 22.6 Å². The van der Waals surface area contributed by atoms with Gasteiger partial charge in [-0.3, -0.25) is 0 Å². The van der Waals surface area contributed by atoms with Crippen LogP contribution in [0.2, 0.25) is 0 Å². The number of aliphatic carboxylic acids is 1. The van der Waals surface area contributed by atoms with Crippen molar-refractivity contribution in [3.05, 3.63) is 63.2 Å². The lowest BCUT2D eigenvalue weighted by Gasteiger charge is -2.20. The Kier molecular flexibility index (Phi) is 5.68. The average molecular weight is 424 g/mol. The highest BCUT2D eigenvalue weighted by atomic mass is 127. The molecule has 0 aromatic heterocycles. The van der Waals surface area contributed by atoms with E-state index in [0.717, 1.165) is 9.13 Å². The van der Waals surface area contributed by atoms with Gasteiger partial charge in [-0.1, -0.05) is 45.0 Å². The molecule has 0 spiro atoms. The van der Waals surface area contributed by atoms with Crippen LogP contribution in [0.5, 0.6) is 5.75 Å². The lowest BCUT2D eigenvalue weighted by molar-refractivity contribution is -0.145. The second-order valence-corrected chi connectivity index (χ2v) is 7.80. The Bertz CT molecular complexity index is 655. The van der Waals surface area contributed by atoms with Crippen molar-refractivity contribution in [1.82, 2.24) is 0 Å². The first-order chi connectivity index (χ1) is 10.8. The average Bonchev–Trinajstić information content (AvgIpc) is 2.48. The highest BCUT2D eigenvalue weighted by Crippen LogP contribution is 2.25. The predicted octanol–water partition coefficient (Wildman–Crippen LogP) is 4.66. The highest BCUT2D eigenvalue weighted by molar-refractivity contribution is 14.1. The van der Waals surface area contributed by atoms with Gasteiger partial charge in [-0.15, -0.1) is 0 Å². The third-order valence-electron chi connectivity index (χ3n) is 3.61. The van der Waals surface area contributed by atoms with Gasteiger partial charge in [-0.2, -0.15) is 0 Å². The predicted molar refractivity (Wildman–Crippen MR) is 100 cm³/mol. The molecule has 0 saturated heterocycles. The van der Waals surface area contributed by atoms with Gasteiger partial charge in [0.05, 0.1) is 0 Å². The molecule has 0 amide bonds. The molecule has 0 aliphatic carbocycles. The van der Waals surface area contributed by atoms with E-state index in [4.69, 9.17) is 4.74 Å². The molecule has 1 atom stereocenters. The molecule has 0 heterocycles. The zero-order valence-corrected chi connectivity index (χ0v) is 15.7. The maximum Gasteiger partial charge on any atom is 0.345 e. The van der Waals surface area contributed by atoms with E-state index in [0.29, 0.717) is 12.2 Å². The second-order valence-electron chi connectivity index (χ2n) is 6.55. The summed E-state index contributed by atoms with van der Waals surface area (Å²) in [6.45, 7) is 6.42. The standard InChI is InChI=1S/C19H21IO3/c1-19(2,3)14-6-10-16(11-7-14)23-17(18(21)22)12-13-4-8-15(20)9-5-13/h4-11,17H,12H2,1-3H3,(H,21,22). The Morgan fingerprint density at radius 1 is 1.09 bits per heavy atom. The lowest BCUT2D eigenvalue weighted by Crippen LogP contribution is -2.29. The normalized spacial score (nSPS) is 12.7. The van der Waals surface area contributed by atoms with E-state index in [-0.39, 0.29) is 5.41 Å². The minimum atomic E-state index is -0.955. The summed E-state index contributed by atoms with van der Waals surface area (Å²) in [5.74, 6) is -0.376. The van der Waals surface area contributed by atoms with Gasteiger partial charge in [-0.25, -0.2) is 4.79 Å². The smallest absolute Gasteiger partial charge is 0.345 e. The number of hydrogen-bond donors (Lipinski definition) is 1. The molecule has 0 bridgehead atoms. The van der Waals surface area contributed by atoms with Crippen molar-refractivity contribution < 1.29 is 14.6 Å². The zero-order valence-electron chi connectivity index (χ0n) is 13.5. The molecule has 2 rings (SSSR count). The number of benzene rings is 2. The van der Waals surface area contributed by atoms with Crippen LogP contribution in [0, 0.1) is 3.57 Å². The number of ether oxygens (including phenoxy) is 1. The lowest BCUT2D eigenvalue weighted by atomic mass is 9.87. The van der Waals surface area contributed by atoms with Crippen molar-refractivity contribution in [3.63, 3.8) is 0 Å². The first kappa shape index (κ1) is 17.8. The Hall–Kier alpha value is -1.56. The van der Waals surface area contributed by atoms with Crippen molar-refractivity contribution in [2.75, 3.05) is 0 Å². The summed E-state index contributed by atoms with van der Waals surface area (Å²) in [6.07, 6.45) is -0.552. The maximum absolute atomic E-state index is 11.5. The topological polar surface area (TPSA) is 46.5 Å². The SMILES string of the molecule is CC(C)(C)c1ccc(OC(Cc2ccc(I)cc2)C(=O)O)cc1. The third kappa shape index (κ3) is 5.23. The molecule has 1 unspecified atom stereocenters. The van der Waals surface area contributed by atoms with E-state index in [2.05, 4.69) is 43.4 Å². The summed E-state index contributed by atoms with van der Waals surface area (Å²) in [4.78, 5) is 11.5. The van der Waals surface area contributed by atoms with Crippen LogP contribution in [0.1, 0.15) is 31.9 Å². The number of halogens is 1. The van der Waals surface area contributed by atoms with Gasteiger partial charge in [0.2, 0.25) is 0 Å². The van der Waals surface area contributed by atoms with Crippen molar-refractivity contribution in [1.29, 1.82) is 0 Å². The van der Waals surface area contributed by atoms with Crippen LogP contribution in [0.4, 0.5) is 0 Å². The van der Waals surface area contributed by atoms with Crippen LogP contribution in [0.3, 0.4) is 0 Å². The molecule has 1 N–H and O–H groups in total. The Labute approximate surface area is 150 Å². The molecule has 122 valence electrons. The van der Waals surface area contributed by atoms with Gasteiger partial charge < -0.3 is 9.84 Å². The first-order valence-corrected chi connectivity index (χ1v) is 8.58. The molecule has 3 nitrogen and oxygen atoms in total. The highest BCUT2D eigenvalue weighted by Gasteiger charge is 2.20.